The van der Waals surface area contributed by atoms with Crippen LogP contribution < -0.4 is 4.74 Å². The number of unbranched alkanes of at least 4 members (excludes halogenated alkanes) is 1. The molecule has 0 spiro atoms. The van der Waals surface area contributed by atoms with Crippen LogP contribution in [-0.2, 0) is 9.59 Å². The maximum absolute atomic E-state index is 13.0. The second-order valence-electron chi connectivity index (χ2n) is 6.64. The number of likely N-dealkylation sites (tertiary alicyclic amines) is 1. The molecular weight excluding hydrogens is 302 g/mol. The second kappa shape index (κ2) is 9.45. The van der Waals surface area contributed by atoms with Gasteiger partial charge in [0, 0.05) is 13.1 Å². The van der Waals surface area contributed by atoms with Crippen LogP contribution >= 0.6 is 0 Å². The fraction of sp³-hybridized carbons (Fsp3) is 0.600. The van der Waals surface area contributed by atoms with Gasteiger partial charge in [0.2, 0.25) is 5.91 Å². The third kappa shape index (κ3) is 5.36. The lowest BCUT2D eigenvalue weighted by Gasteiger charge is -2.30. The molecule has 4 heteroatoms. The van der Waals surface area contributed by atoms with E-state index in [1.165, 1.54) is 13.3 Å². The van der Waals surface area contributed by atoms with Crippen molar-refractivity contribution in [3.63, 3.8) is 0 Å². The topological polar surface area (TPSA) is 46.6 Å². The Morgan fingerprint density at radius 3 is 2.38 bits per heavy atom. The van der Waals surface area contributed by atoms with Crippen molar-refractivity contribution in [3.05, 3.63) is 29.8 Å². The lowest BCUT2D eigenvalue weighted by Crippen LogP contribution is -2.38. The monoisotopic (exact) mass is 331 g/mol. The molecule has 0 radical (unpaired) electrons. The standard InChI is InChI=1S/C20H29NO3/c1-3-4-8-19(20(23)21-13-6-5-7-14-21)17-9-11-18(12-10-17)24-15-16(2)22/h9-12,19H,3-8,13-15H2,1-2H3. The molecule has 0 saturated carbocycles. The highest BCUT2D eigenvalue weighted by Gasteiger charge is 2.26. The van der Waals surface area contributed by atoms with Crippen molar-refractivity contribution < 1.29 is 14.3 Å². The number of piperidine rings is 1. The van der Waals surface area contributed by atoms with E-state index >= 15 is 0 Å². The predicted octanol–water partition coefficient (Wildman–Crippen LogP) is 3.94. The minimum atomic E-state index is -0.0649. The minimum Gasteiger partial charge on any atom is -0.486 e. The number of carbonyl (C=O) groups is 2. The van der Waals surface area contributed by atoms with Crippen molar-refractivity contribution in [1.82, 2.24) is 4.90 Å². The molecule has 24 heavy (non-hydrogen) atoms. The van der Waals surface area contributed by atoms with Gasteiger partial charge in [-0.05, 0) is 50.3 Å². The van der Waals surface area contributed by atoms with Crippen LogP contribution in [0.5, 0.6) is 5.75 Å². The average molecular weight is 331 g/mol. The third-order valence-electron chi connectivity index (χ3n) is 4.54. The Balaban J connectivity index is 2.08. The summed E-state index contributed by atoms with van der Waals surface area (Å²) in [5.74, 6) is 0.874. The van der Waals surface area contributed by atoms with Gasteiger partial charge in [-0.25, -0.2) is 0 Å². The zero-order valence-electron chi connectivity index (χ0n) is 14.9. The van der Waals surface area contributed by atoms with E-state index in [1.54, 1.807) is 0 Å². The molecular formula is C20H29NO3. The summed E-state index contributed by atoms with van der Waals surface area (Å²) >= 11 is 0. The molecule has 1 aromatic carbocycles. The van der Waals surface area contributed by atoms with Crippen molar-refractivity contribution in [3.8, 4) is 5.75 Å². The van der Waals surface area contributed by atoms with E-state index in [-0.39, 0.29) is 24.2 Å². The first-order valence-corrected chi connectivity index (χ1v) is 9.12. The molecule has 1 heterocycles. The highest BCUT2D eigenvalue weighted by Crippen LogP contribution is 2.27. The van der Waals surface area contributed by atoms with Crippen molar-refractivity contribution in [2.75, 3.05) is 19.7 Å². The zero-order valence-corrected chi connectivity index (χ0v) is 14.9. The summed E-state index contributed by atoms with van der Waals surface area (Å²) in [4.78, 5) is 26.0. The Morgan fingerprint density at radius 2 is 1.79 bits per heavy atom. The summed E-state index contributed by atoms with van der Waals surface area (Å²) in [6.45, 7) is 5.53. The van der Waals surface area contributed by atoms with E-state index < -0.39 is 0 Å². The lowest BCUT2D eigenvalue weighted by molar-refractivity contribution is -0.134. The fourth-order valence-electron chi connectivity index (χ4n) is 3.16. The zero-order chi connectivity index (χ0) is 17.4. The number of rotatable bonds is 8. The van der Waals surface area contributed by atoms with Gasteiger partial charge in [-0.2, -0.15) is 0 Å². The molecule has 4 nitrogen and oxygen atoms in total. The average Bonchev–Trinajstić information content (AvgIpc) is 2.61. The van der Waals surface area contributed by atoms with E-state index in [0.29, 0.717) is 5.75 Å². The van der Waals surface area contributed by atoms with Crippen LogP contribution in [0.2, 0.25) is 0 Å². The van der Waals surface area contributed by atoms with Gasteiger partial charge < -0.3 is 9.64 Å². The summed E-state index contributed by atoms with van der Waals surface area (Å²) in [5.41, 5.74) is 1.05. The van der Waals surface area contributed by atoms with Crippen molar-refractivity contribution in [2.45, 2.75) is 58.3 Å². The fourth-order valence-corrected chi connectivity index (χ4v) is 3.16. The highest BCUT2D eigenvalue weighted by molar-refractivity contribution is 5.84. The van der Waals surface area contributed by atoms with Crippen LogP contribution in [0.25, 0.3) is 0 Å². The van der Waals surface area contributed by atoms with Crippen molar-refractivity contribution in [2.24, 2.45) is 0 Å². The van der Waals surface area contributed by atoms with Gasteiger partial charge in [-0.1, -0.05) is 31.9 Å². The van der Waals surface area contributed by atoms with E-state index in [2.05, 4.69) is 6.92 Å². The number of nitrogens with zero attached hydrogens (tertiary/aromatic N) is 1. The number of Topliss-reactive ketones (excluding diaryl/α,β-unsaturated/α-hetero) is 1. The number of ketones is 1. The summed E-state index contributed by atoms with van der Waals surface area (Å²) in [6, 6.07) is 7.66. The number of ether oxygens (including phenoxy) is 1. The molecule has 1 aromatic rings. The van der Waals surface area contributed by atoms with Crippen LogP contribution in [0.4, 0.5) is 0 Å². The molecule has 1 fully saturated rings. The van der Waals surface area contributed by atoms with Gasteiger partial charge in [0.05, 0.1) is 5.92 Å². The summed E-state index contributed by atoms with van der Waals surface area (Å²) < 4.78 is 5.42. The molecule has 1 atom stereocenters. The molecule has 1 aliphatic heterocycles. The molecule has 1 aliphatic rings. The van der Waals surface area contributed by atoms with Gasteiger partial charge >= 0.3 is 0 Å². The van der Waals surface area contributed by atoms with Crippen LogP contribution in [0.1, 0.15) is 63.9 Å². The van der Waals surface area contributed by atoms with Crippen molar-refractivity contribution in [1.29, 1.82) is 0 Å². The highest BCUT2D eigenvalue weighted by atomic mass is 16.5. The number of hydrogen-bond donors (Lipinski definition) is 0. The minimum absolute atomic E-state index is 0.000162. The summed E-state index contributed by atoms with van der Waals surface area (Å²) in [6.07, 6.45) is 6.48. The van der Waals surface area contributed by atoms with Crippen molar-refractivity contribution >= 4 is 11.7 Å². The molecule has 2 rings (SSSR count). The van der Waals surface area contributed by atoms with Crippen LogP contribution in [-0.4, -0.2) is 36.3 Å². The quantitative estimate of drug-likeness (QED) is 0.725. The largest absolute Gasteiger partial charge is 0.486 e. The Kier molecular flexibility index (Phi) is 7.29. The Morgan fingerprint density at radius 1 is 1.12 bits per heavy atom. The molecule has 0 aliphatic carbocycles. The normalized spacial score (nSPS) is 15.8. The molecule has 1 saturated heterocycles. The van der Waals surface area contributed by atoms with E-state index in [1.807, 2.05) is 29.2 Å². The number of benzene rings is 1. The maximum atomic E-state index is 13.0. The Labute approximate surface area is 145 Å². The number of hydrogen-bond acceptors (Lipinski definition) is 3. The summed E-state index contributed by atoms with van der Waals surface area (Å²) in [7, 11) is 0. The summed E-state index contributed by atoms with van der Waals surface area (Å²) in [5, 5.41) is 0. The van der Waals surface area contributed by atoms with Gasteiger partial charge in [0.15, 0.2) is 5.78 Å². The first-order chi connectivity index (χ1) is 11.6. The molecule has 0 aromatic heterocycles. The van der Waals surface area contributed by atoms with Crippen LogP contribution in [0, 0.1) is 0 Å². The van der Waals surface area contributed by atoms with Gasteiger partial charge in [0.1, 0.15) is 12.4 Å². The third-order valence-corrected chi connectivity index (χ3v) is 4.54. The van der Waals surface area contributed by atoms with E-state index in [0.717, 1.165) is 50.8 Å². The number of amides is 1. The molecule has 132 valence electrons. The van der Waals surface area contributed by atoms with Crippen LogP contribution in [0.3, 0.4) is 0 Å². The van der Waals surface area contributed by atoms with E-state index in [9.17, 15) is 9.59 Å². The van der Waals surface area contributed by atoms with Gasteiger partial charge in [0.25, 0.3) is 0 Å². The SMILES string of the molecule is CCCCC(C(=O)N1CCCCC1)c1ccc(OCC(C)=O)cc1. The smallest absolute Gasteiger partial charge is 0.230 e. The molecule has 1 amide bonds. The first-order valence-electron chi connectivity index (χ1n) is 9.12. The van der Waals surface area contributed by atoms with Crippen LogP contribution in [0.15, 0.2) is 24.3 Å². The molecule has 0 N–H and O–H groups in total. The lowest BCUT2D eigenvalue weighted by atomic mass is 9.91. The molecule has 0 bridgehead atoms. The first kappa shape index (κ1) is 18.5. The van der Waals surface area contributed by atoms with E-state index in [4.69, 9.17) is 4.74 Å². The molecule has 1 unspecified atom stereocenters. The Hall–Kier alpha value is -1.84. The maximum Gasteiger partial charge on any atom is 0.230 e. The Bertz CT molecular complexity index is 532. The number of carbonyl (C=O) groups excluding carboxylic acids is 2. The predicted molar refractivity (Wildman–Crippen MR) is 95.3 cm³/mol. The second-order valence-corrected chi connectivity index (χ2v) is 6.64. The van der Waals surface area contributed by atoms with Gasteiger partial charge in [-0.15, -0.1) is 0 Å². The van der Waals surface area contributed by atoms with Gasteiger partial charge in [-0.3, -0.25) is 9.59 Å².